The number of hydrogen-bond acceptors (Lipinski definition) is 4. The van der Waals surface area contributed by atoms with E-state index in [4.69, 9.17) is 10.2 Å². The number of benzene rings is 2. The van der Waals surface area contributed by atoms with Gasteiger partial charge in [-0.25, -0.2) is 18.0 Å². The zero-order valence-corrected chi connectivity index (χ0v) is 13.8. The molecule has 0 spiro atoms. The van der Waals surface area contributed by atoms with E-state index in [1.165, 1.54) is 36.4 Å². The fourth-order valence-electron chi connectivity index (χ4n) is 1.80. The van der Waals surface area contributed by atoms with Crippen LogP contribution in [0.4, 0.5) is 5.69 Å². The van der Waals surface area contributed by atoms with Gasteiger partial charge in [0.1, 0.15) is 0 Å². The number of carboxylic acid groups (broad SMARTS) is 2. The molecule has 0 bridgehead atoms. The van der Waals surface area contributed by atoms with Gasteiger partial charge in [0, 0.05) is 4.47 Å². The Balaban J connectivity index is 2.47. The van der Waals surface area contributed by atoms with Crippen molar-refractivity contribution in [2.24, 2.45) is 0 Å². The number of carboxylic acids is 2. The molecule has 2 rings (SSSR count). The fourth-order valence-corrected chi connectivity index (χ4v) is 3.32. The van der Waals surface area contributed by atoms with Gasteiger partial charge in [0.15, 0.2) is 0 Å². The number of rotatable bonds is 5. The summed E-state index contributed by atoms with van der Waals surface area (Å²) in [4.78, 5) is 21.9. The monoisotopic (exact) mass is 399 g/mol. The van der Waals surface area contributed by atoms with E-state index in [1.807, 2.05) is 0 Å². The molecule has 0 aliphatic rings. The number of carbonyl (C=O) groups is 2. The molecule has 0 unspecified atom stereocenters. The molecular weight excluding hydrogens is 390 g/mol. The van der Waals surface area contributed by atoms with Crippen molar-refractivity contribution in [2.45, 2.75) is 4.90 Å². The maximum atomic E-state index is 12.4. The van der Waals surface area contributed by atoms with Crippen LogP contribution in [0.1, 0.15) is 20.7 Å². The first kappa shape index (κ1) is 17.0. The first-order valence-electron chi connectivity index (χ1n) is 6.10. The average molecular weight is 400 g/mol. The highest BCUT2D eigenvalue weighted by Gasteiger charge is 2.20. The highest BCUT2D eigenvalue weighted by molar-refractivity contribution is 9.10. The summed E-state index contributed by atoms with van der Waals surface area (Å²) in [5.41, 5.74) is -0.550. The molecule has 3 N–H and O–H groups in total. The Hall–Kier alpha value is -2.39. The number of nitrogens with one attached hydrogen (secondary N) is 1. The van der Waals surface area contributed by atoms with Gasteiger partial charge in [-0.05, 0) is 46.3 Å². The quantitative estimate of drug-likeness (QED) is 0.710. The smallest absolute Gasteiger partial charge is 0.337 e. The van der Waals surface area contributed by atoms with Crippen LogP contribution < -0.4 is 4.72 Å². The van der Waals surface area contributed by atoms with Crippen molar-refractivity contribution in [3.63, 3.8) is 0 Å². The van der Waals surface area contributed by atoms with Gasteiger partial charge in [0.05, 0.1) is 21.7 Å². The Morgan fingerprint density at radius 2 is 1.57 bits per heavy atom. The van der Waals surface area contributed by atoms with Crippen LogP contribution in [0.3, 0.4) is 0 Å². The van der Waals surface area contributed by atoms with Gasteiger partial charge in [-0.15, -0.1) is 0 Å². The lowest BCUT2D eigenvalue weighted by molar-refractivity contribution is 0.0686. The normalized spacial score (nSPS) is 11.0. The Kier molecular flexibility index (Phi) is 4.71. The van der Waals surface area contributed by atoms with Crippen LogP contribution in [-0.4, -0.2) is 30.6 Å². The third kappa shape index (κ3) is 3.69. The van der Waals surface area contributed by atoms with Crippen LogP contribution in [-0.2, 0) is 10.0 Å². The molecule has 9 heteroatoms. The van der Waals surface area contributed by atoms with E-state index < -0.39 is 22.0 Å². The molecule has 0 amide bonds. The average Bonchev–Trinajstić information content (AvgIpc) is 2.47. The highest BCUT2D eigenvalue weighted by atomic mass is 79.9. The molecular formula is C14H10BrNO6S. The standard InChI is InChI=1S/C14H10BrNO6S/c15-11-6-5-8(7-10(11)14(19)20)23(21,22)16-12-4-2-1-3-9(12)13(17)18/h1-7,16H,(H,17,18)(H,19,20). The molecule has 0 saturated heterocycles. The minimum Gasteiger partial charge on any atom is -0.478 e. The molecule has 0 saturated carbocycles. The predicted octanol–water partition coefficient (Wildman–Crippen LogP) is 2.65. The van der Waals surface area contributed by atoms with Gasteiger partial charge in [-0.1, -0.05) is 12.1 Å². The maximum absolute atomic E-state index is 12.4. The molecule has 0 radical (unpaired) electrons. The summed E-state index contributed by atoms with van der Waals surface area (Å²) in [5, 5.41) is 18.1. The second-order valence-electron chi connectivity index (χ2n) is 4.40. The molecule has 0 heterocycles. The van der Waals surface area contributed by atoms with Gasteiger partial charge >= 0.3 is 11.9 Å². The zero-order chi connectivity index (χ0) is 17.2. The first-order chi connectivity index (χ1) is 10.7. The zero-order valence-electron chi connectivity index (χ0n) is 11.4. The number of hydrogen-bond donors (Lipinski definition) is 3. The maximum Gasteiger partial charge on any atom is 0.337 e. The SMILES string of the molecule is O=C(O)c1cc(S(=O)(=O)Nc2ccccc2C(=O)O)ccc1Br. The molecule has 2 aromatic carbocycles. The van der Waals surface area contributed by atoms with Crippen LogP contribution in [0.15, 0.2) is 51.8 Å². The summed E-state index contributed by atoms with van der Waals surface area (Å²) in [6.07, 6.45) is 0. The Labute approximate surface area is 139 Å². The lowest BCUT2D eigenvalue weighted by atomic mass is 10.2. The van der Waals surface area contributed by atoms with E-state index in [0.717, 1.165) is 6.07 Å². The van der Waals surface area contributed by atoms with Crippen molar-refractivity contribution in [2.75, 3.05) is 4.72 Å². The van der Waals surface area contributed by atoms with E-state index in [9.17, 15) is 18.0 Å². The van der Waals surface area contributed by atoms with Crippen molar-refractivity contribution in [3.05, 3.63) is 58.1 Å². The fraction of sp³-hybridized carbons (Fsp3) is 0. The van der Waals surface area contributed by atoms with Crippen molar-refractivity contribution in [1.82, 2.24) is 0 Å². The van der Waals surface area contributed by atoms with Crippen LogP contribution >= 0.6 is 15.9 Å². The third-order valence-corrected chi connectivity index (χ3v) is 4.94. The van der Waals surface area contributed by atoms with Crippen LogP contribution in [0.25, 0.3) is 0 Å². The van der Waals surface area contributed by atoms with Crippen LogP contribution in [0, 0.1) is 0 Å². The van der Waals surface area contributed by atoms with Crippen molar-refractivity contribution in [3.8, 4) is 0 Å². The predicted molar refractivity (Wildman–Crippen MR) is 85.3 cm³/mol. The van der Waals surface area contributed by atoms with Crippen LogP contribution in [0.5, 0.6) is 0 Å². The van der Waals surface area contributed by atoms with Gasteiger partial charge < -0.3 is 10.2 Å². The van der Waals surface area contributed by atoms with E-state index >= 15 is 0 Å². The van der Waals surface area contributed by atoms with Gasteiger partial charge in [-0.3, -0.25) is 4.72 Å². The third-order valence-electron chi connectivity index (χ3n) is 2.88. The Bertz CT molecular complexity index is 894. The van der Waals surface area contributed by atoms with Crippen LogP contribution in [0.2, 0.25) is 0 Å². The minimum absolute atomic E-state index is 0.111. The summed E-state index contributed by atoms with van der Waals surface area (Å²) in [7, 11) is -4.14. The molecule has 0 aliphatic carbocycles. The first-order valence-corrected chi connectivity index (χ1v) is 8.38. The molecule has 2 aromatic rings. The van der Waals surface area contributed by atoms with Crippen molar-refractivity contribution >= 4 is 43.6 Å². The lowest BCUT2D eigenvalue weighted by Gasteiger charge is -2.11. The number of halogens is 1. The van der Waals surface area contributed by atoms with Gasteiger partial charge in [0.2, 0.25) is 0 Å². The highest BCUT2D eigenvalue weighted by Crippen LogP contribution is 2.24. The second kappa shape index (κ2) is 6.39. The molecule has 0 fully saturated rings. The summed E-state index contributed by atoms with van der Waals surface area (Å²) in [5.74, 6) is -2.58. The second-order valence-corrected chi connectivity index (χ2v) is 6.94. The minimum atomic E-state index is -4.14. The summed E-state index contributed by atoms with van der Waals surface area (Å²) >= 11 is 3.02. The molecule has 23 heavy (non-hydrogen) atoms. The molecule has 0 atom stereocenters. The summed E-state index contributed by atoms with van der Waals surface area (Å²) < 4.78 is 27.1. The number of para-hydroxylation sites is 1. The van der Waals surface area contributed by atoms with Gasteiger partial charge in [-0.2, -0.15) is 0 Å². The van der Waals surface area contributed by atoms with Crippen molar-refractivity contribution < 1.29 is 28.2 Å². The lowest BCUT2D eigenvalue weighted by Crippen LogP contribution is -2.16. The number of sulfonamides is 1. The summed E-state index contributed by atoms with van der Waals surface area (Å²) in [6.45, 7) is 0. The molecule has 0 aliphatic heterocycles. The molecule has 120 valence electrons. The van der Waals surface area contributed by atoms with E-state index in [0.29, 0.717) is 0 Å². The Morgan fingerprint density at radius 3 is 2.17 bits per heavy atom. The van der Waals surface area contributed by atoms with E-state index in [-0.39, 0.29) is 26.2 Å². The molecule has 7 nitrogen and oxygen atoms in total. The molecule has 0 aromatic heterocycles. The number of aromatic carboxylic acids is 2. The topological polar surface area (TPSA) is 121 Å². The van der Waals surface area contributed by atoms with E-state index in [1.54, 1.807) is 0 Å². The van der Waals surface area contributed by atoms with E-state index in [2.05, 4.69) is 20.7 Å². The van der Waals surface area contributed by atoms with Crippen molar-refractivity contribution in [1.29, 1.82) is 0 Å². The summed E-state index contributed by atoms with van der Waals surface area (Å²) in [6, 6.07) is 8.99. The number of anilines is 1. The van der Waals surface area contributed by atoms with Gasteiger partial charge in [0.25, 0.3) is 10.0 Å². The largest absolute Gasteiger partial charge is 0.478 e. The Morgan fingerprint density at radius 1 is 0.957 bits per heavy atom.